The van der Waals surface area contributed by atoms with E-state index in [9.17, 15) is 10.5 Å². The number of para-hydroxylation sites is 4. The third-order valence-electron chi connectivity index (χ3n) is 18.1. The molecular formula is C78H46N6O. The molecule has 1 aliphatic carbocycles. The van der Waals surface area contributed by atoms with E-state index in [0.717, 1.165) is 124 Å². The van der Waals surface area contributed by atoms with Gasteiger partial charge in [0.2, 0.25) is 0 Å². The summed E-state index contributed by atoms with van der Waals surface area (Å²) in [4.78, 5) is 0. The molecule has 12 aromatic carbocycles. The fraction of sp³-hybridized carbons (Fsp3) is 0.0256. The monoisotopic (exact) mass is 1080 g/mol. The van der Waals surface area contributed by atoms with Crippen LogP contribution in [0.25, 0.3) is 160 Å². The van der Waals surface area contributed by atoms with E-state index in [1.54, 1.807) is 0 Å². The van der Waals surface area contributed by atoms with Gasteiger partial charge >= 0.3 is 0 Å². The van der Waals surface area contributed by atoms with Crippen molar-refractivity contribution in [1.29, 1.82) is 10.5 Å². The summed E-state index contributed by atoms with van der Waals surface area (Å²) in [5.74, 6) is 0. The molecule has 5 aromatic heterocycles. The van der Waals surface area contributed by atoms with Gasteiger partial charge in [0.25, 0.3) is 0 Å². The predicted molar refractivity (Wildman–Crippen MR) is 349 cm³/mol. The van der Waals surface area contributed by atoms with Gasteiger partial charge in [0.05, 0.1) is 73.1 Å². The highest BCUT2D eigenvalue weighted by atomic mass is 16.3. The highest BCUT2D eigenvalue weighted by Gasteiger charge is 2.25. The Balaban J connectivity index is 0.745. The van der Waals surface area contributed by atoms with Gasteiger partial charge in [-0.1, -0.05) is 109 Å². The number of nitriles is 2. The van der Waals surface area contributed by atoms with Crippen molar-refractivity contribution in [2.75, 3.05) is 0 Å². The second-order valence-electron chi connectivity index (χ2n) is 22.5. The number of fused-ring (bicyclic) bond motifs is 17. The molecule has 0 fully saturated rings. The Bertz CT molecular complexity index is 5860. The second kappa shape index (κ2) is 17.9. The summed E-state index contributed by atoms with van der Waals surface area (Å²) >= 11 is 0. The van der Waals surface area contributed by atoms with Crippen LogP contribution in [0.3, 0.4) is 0 Å². The highest BCUT2D eigenvalue weighted by molar-refractivity contribution is 6.17. The van der Waals surface area contributed by atoms with Crippen molar-refractivity contribution >= 4 is 115 Å². The van der Waals surface area contributed by atoms with E-state index in [4.69, 9.17) is 4.42 Å². The number of hydrogen-bond donors (Lipinski definition) is 0. The van der Waals surface area contributed by atoms with Crippen molar-refractivity contribution in [3.8, 4) is 57.1 Å². The van der Waals surface area contributed by atoms with E-state index in [2.05, 4.69) is 237 Å². The van der Waals surface area contributed by atoms with Crippen LogP contribution in [-0.4, -0.2) is 18.3 Å². The fourth-order valence-corrected chi connectivity index (χ4v) is 14.3. The first kappa shape index (κ1) is 47.0. The summed E-state index contributed by atoms with van der Waals surface area (Å²) in [7, 11) is 0. The highest BCUT2D eigenvalue weighted by Crippen LogP contribution is 2.45. The van der Waals surface area contributed by atoms with Crippen LogP contribution in [0.1, 0.15) is 28.7 Å². The molecule has 85 heavy (non-hydrogen) atoms. The normalized spacial score (nSPS) is 12.5. The smallest absolute Gasteiger partial charge is 0.138 e. The topological polar surface area (TPSA) is 80.4 Å². The van der Waals surface area contributed by atoms with Crippen LogP contribution in [0.5, 0.6) is 0 Å². The lowest BCUT2D eigenvalue weighted by Gasteiger charge is -2.19. The zero-order valence-corrected chi connectivity index (χ0v) is 45.8. The number of rotatable bonds is 6. The van der Waals surface area contributed by atoms with Gasteiger partial charge in [-0.2, -0.15) is 10.5 Å². The Kier molecular flexibility index (Phi) is 9.92. The molecule has 0 amide bonds. The lowest BCUT2D eigenvalue weighted by atomic mass is 9.91. The van der Waals surface area contributed by atoms with Crippen molar-refractivity contribution < 1.29 is 4.42 Å². The van der Waals surface area contributed by atoms with E-state index < -0.39 is 0 Å². The lowest BCUT2D eigenvalue weighted by molar-refractivity contribution is 0.668. The Labute approximate surface area is 486 Å². The molecule has 0 unspecified atom stereocenters. The quantitative estimate of drug-likeness (QED) is 0.166. The maximum absolute atomic E-state index is 9.52. The van der Waals surface area contributed by atoms with Crippen molar-refractivity contribution in [1.82, 2.24) is 18.3 Å². The van der Waals surface area contributed by atoms with Gasteiger partial charge < -0.3 is 22.7 Å². The van der Waals surface area contributed by atoms with Gasteiger partial charge in [0.15, 0.2) is 0 Å². The number of furan rings is 1. The van der Waals surface area contributed by atoms with E-state index in [1.165, 1.54) is 54.2 Å². The minimum atomic E-state index is 0.645. The Hall–Kier alpha value is -11.6. The van der Waals surface area contributed by atoms with Gasteiger partial charge in [0.1, 0.15) is 11.2 Å². The number of nitrogens with zero attached hydrogens (tertiary/aromatic N) is 6. The van der Waals surface area contributed by atoms with E-state index in [1.807, 2.05) is 48.5 Å². The van der Waals surface area contributed by atoms with E-state index in [-0.39, 0.29) is 0 Å². The van der Waals surface area contributed by atoms with Crippen LogP contribution in [0.4, 0.5) is 0 Å². The van der Waals surface area contributed by atoms with E-state index >= 15 is 0 Å². The molecule has 17 aromatic rings. The summed E-state index contributed by atoms with van der Waals surface area (Å²) in [6.07, 6.45) is 6.52. The van der Waals surface area contributed by atoms with Crippen molar-refractivity contribution in [3.05, 3.63) is 271 Å². The first-order valence-electron chi connectivity index (χ1n) is 28.9. The van der Waals surface area contributed by atoms with Crippen molar-refractivity contribution in [2.45, 2.75) is 12.8 Å². The first-order chi connectivity index (χ1) is 42.0. The summed E-state index contributed by atoms with van der Waals surface area (Å²) in [6.45, 7) is 0. The third-order valence-corrected chi connectivity index (χ3v) is 18.1. The molecule has 394 valence electrons. The Morgan fingerprint density at radius 3 is 1.16 bits per heavy atom. The molecule has 0 atom stereocenters. The molecule has 1 aliphatic rings. The maximum Gasteiger partial charge on any atom is 0.138 e. The van der Waals surface area contributed by atoms with Crippen LogP contribution < -0.4 is 0 Å². The summed E-state index contributed by atoms with van der Waals surface area (Å²) in [5, 5.41) is 30.8. The standard InChI is InChI=1S/C78H46N6O/c79-45-47-21-29-53(30-22-47)81-67-17-7-3-12-57(67)63-39-49(25-35-71(63)81)51-27-37-73-65(41-51)59-14-5-9-19-69(59)83(73)55-33-34-62-76(43-55)85-77-44-75(56-11-1-2-16-61(56)78(62)77)84-70-20-10-6-15-60(70)66-42-52(28-38-74(66)84)50-26-36-72-64(40-50)58-13-4-8-18-68(58)82(72)54-31-23-48(46-80)24-32-54/h2-10,12-44H,1,11H2. The number of allylic oxidation sites excluding steroid dienone is 1. The van der Waals surface area contributed by atoms with Crippen LogP contribution in [0.2, 0.25) is 0 Å². The zero-order chi connectivity index (χ0) is 56.0. The minimum absolute atomic E-state index is 0.645. The fourth-order valence-electron chi connectivity index (χ4n) is 14.3. The number of hydrogen-bond acceptors (Lipinski definition) is 3. The molecule has 18 rings (SSSR count). The van der Waals surface area contributed by atoms with Crippen molar-refractivity contribution in [2.24, 2.45) is 0 Å². The average Bonchev–Trinajstić information content (AvgIpc) is 2.15. The minimum Gasteiger partial charge on any atom is -0.456 e. The summed E-state index contributed by atoms with van der Waals surface area (Å²) in [6, 6.07) is 91.4. The first-order valence-corrected chi connectivity index (χ1v) is 28.9. The molecule has 0 saturated carbocycles. The molecule has 0 N–H and O–H groups in total. The van der Waals surface area contributed by atoms with Gasteiger partial charge in [0, 0.05) is 83.1 Å². The average molecular weight is 1080 g/mol. The molecule has 7 heteroatoms. The van der Waals surface area contributed by atoms with Crippen LogP contribution in [-0.2, 0) is 6.42 Å². The lowest BCUT2D eigenvalue weighted by Crippen LogP contribution is -2.04. The van der Waals surface area contributed by atoms with Crippen LogP contribution in [0.15, 0.2) is 253 Å². The zero-order valence-electron chi connectivity index (χ0n) is 45.8. The van der Waals surface area contributed by atoms with Crippen LogP contribution >= 0.6 is 0 Å². The van der Waals surface area contributed by atoms with Gasteiger partial charge in [-0.05, 0) is 180 Å². The summed E-state index contributed by atoms with van der Waals surface area (Å²) < 4.78 is 16.6. The maximum atomic E-state index is 9.52. The molecule has 7 nitrogen and oxygen atoms in total. The Morgan fingerprint density at radius 1 is 0.329 bits per heavy atom. The summed E-state index contributed by atoms with van der Waals surface area (Å²) in [5.41, 5.74) is 23.5. The third kappa shape index (κ3) is 6.87. The van der Waals surface area contributed by atoms with Gasteiger partial charge in [-0.15, -0.1) is 0 Å². The van der Waals surface area contributed by atoms with Gasteiger partial charge in [-0.25, -0.2) is 0 Å². The van der Waals surface area contributed by atoms with E-state index in [0.29, 0.717) is 11.1 Å². The number of aromatic nitrogens is 4. The SMILES string of the molecule is N#Cc1ccc(-n2c3ccccc3c3cc(-c4ccc5c(c4)c4ccccc4n5-c4ccc5c(c4)oc4cc(-n6c7ccccc7c7cc(-c8ccc9c(c8)c8ccccc8n9-c8ccc(C#N)cc8)ccc76)c6c(c45)C=CCC6)ccc32)cc1. The molecule has 0 saturated heterocycles. The Morgan fingerprint density at radius 2 is 0.718 bits per heavy atom. The molecule has 0 aliphatic heterocycles. The molecule has 0 bridgehead atoms. The largest absolute Gasteiger partial charge is 0.456 e. The second-order valence-corrected chi connectivity index (χ2v) is 22.5. The molecule has 0 radical (unpaired) electrons. The molecule has 0 spiro atoms. The van der Waals surface area contributed by atoms with Crippen molar-refractivity contribution in [3.63, 3.8) is 0 Å². The predicted octanol–water partition coefficient (Wildman–Crippen LogP) is 20.0. The van der Waals surface area contributed by atoms with Crippen LogP contribution in [0, 0.1) is 22.7 Å². The van der Waals surface area contributed by atoms with Gasteiger partial charge in [-0.3, -0.25) is 0 Å². The molecule has 5 heterocycles. The molecular weight excluding hydrogens is 1040 g/mol. The number of benzene rings is 12.